The van der Waals surface area contributed by atoms with E-state index in [0.29, 0.717) is 17.1 Å². The zero-order valence-corrected chi connectivity index (χ0v) is 12.2. The van der Waals surface area contributed by atoms with Gasteiger partial charge in [-0.15, -0.1) is 0 Å². The SMILES string of the molecule is CSCC(C)NCc1ccc(Br)c([N+](=O)[O-])c1. The molecule has 17 heavy (non-hydrogen) atoms. The van der Waals surface area contributed by atoms with Crippen LogP contribution in [0.25, 0.3) is 0 Å². The van der Waals surface area contributed by atoms with E-state index in [-0.39, 0.29) is 10.6 Å². The molecular weight excluding hydrogens is 304 g/mol. The fourth-order valence-corrected chi connectivity index (χ4v) is 2.42. The lowest BCUT2D eigenvalue weighted by Crippen LogP contribution is -2.27. The Morgan fingerprint density at radius 2 is 2.29 bits per heavy atom. The Morgan fingerprint density at radius 3 is 2.88 bits per heavy atom. The maximum Gasteiger partial charge on any atom is 0.283 e. The average molecular weight is 319 g/mol. The van der Waals surface area contributed by atoms with E-state index in [1.165, 1.54) is 0 Å². The van der Waals surface area contributed by atoms with Crippen molar-refractivity contribution in [1.82, 2.24) is 5.32 Å². The summed E-state index contributed by atoms with van der Waals surface area (Å²) >= 11 is 4.95. The molecule has 1 unspecified atom stereocenters. The van der Waals surface area contributed by atoms with Gasteiger partial charge in [0.25, 0.3) is 5.69 Å². The molecule has 0 fully saturated rings. The lowest BCUT2D eigenvalue weighted by molar-refractivity contribution is -0.385. The Balaban J connectivity index is 2.66. The van der Waals surface area contributed by atoms with E-state index >= 15 is 0 Å². The first-order valence-electron chi connectivity index (χ1n) is 5.19. The van der Waals surface area contributed by atoms with Crippen LogP contribution in [0.15, 0.2) is 22.7 Å². The van der Waals surface area contributed by atoms with E-state index in [2.05, 4.69) is 34.4 Å². The van der Waals surface area contributed by atoms with E-state index in [9.17, 15) is 10.1 Å². The molecule has 1 aromatic carbocycles. The van der Waals surface area contributed by atoms with Gasteiger partial charge in [-0.2, -0.15) is 11.8 Å². The minimum atomic E-state index is -0.376. The second-order valence-corrected chi connectivity index (χ2v) is 5.55. The van der Waals surface area contributed by atoms with E-state index in [0.717, 1.165) is 11.3 Å². The summed E-state index contributed by atoms with van der Waals surface area (Å²) in [5.74, 6) is 1.03. The molecule has 0 aliphatic rings. The molecular formula is C11H15BrN2O2S. The van der Waals surface area contributed by atoms with E-state index < -0.39 is 0 Å². The predicted molar refractivity (Wildman–Crippen MR) is 75.5 cm³/mol. The molecule has 4 nitrogen and oxygen atoms in total. The molecule has 1 N–H and O–H groups in total. The van der Waals surface area contributed by atoms with Crippen LogP contribution in [0.5, 0.6) is 0 Å². The molecule has 0 heterocycles. The van der Waals surface area contributed by atoms with Crippen LogP contribution < -0.4 is 5.32 Å². The second kappa shape index (κ2) is 6.98. The summed E-state index contributed by atoms with van der Waals surface area (Å²) < 4.78 is 0.517. The highest BCUT2D eigenvalue weighted by atomic mass is 79.9. The quantitative estimate of drug-likeness (QED) is 0.646. The van der Waals surface area contributed by atoms with Crippen LogP contribution in [0, 0.1) is 10.1 Å². The van der Waals surface area contributed by atoms with Crippen molar-refractivity contribution in [3.63, 3.8) is 0 Å². The zero-order chi connectivity index (χ0) is 12.8. The molecule has 0 aliphatic carbocycles. The van der Waals surface area contributed by atoms with Gasteiger partial charge in [0.1, 0.15) is 0 Å². The number of nitrogens with zero attached hydrogens (tertiary/aromatic N) is 1. The van der Waals surface area contributed by atoms with E-state index in [1.54, 1.807) is 23.9 Å². The molecule has 0 saturated carbocycles. The summed E-state index contributed by atoms with van der Waals surface area (Å²) in [5.41, 5.74) is 1.04. The highest BCUT2D eigenvalue weighted by molar-refractivity contribution is 9.10. The number of rotatable bonds is 6. The van der Waals surface area contributed by atoms with Crippen molar-refractivity contribution in [2.75, 3.05) is 12.0 Å². The van der Waals surface area contributed by atoms with Gasteiger partial charge in [0, 0.05) is 24.4 Å². The van der Waals surface area contributed by atoms with Gasteiger partial charge in [0.05, 0.1) is 9.40 Å². The first kappa shape index (κ1) is 14.5. The predicted octanol–water partition coefficient (Wildman–Crippen LogP) is 3.20. The zero-order valence-electron chi connectivity index (χ0n) is 9.77. The van der Waals surface area contributed by atoms with Crippen LogP contribution in [-0.4, -0.2) is 23.0 Å². The van der Waals surface area contributed by atoms with Crippen LogP contribution in [0.4, 0.5) is 5.69 Å². The van der Waals surface area contributed by atoms with Crippen LogP contribution in [-0.2, 0) is 6.54 Å². The number of thioether (sulfide) groups is 1. The van der Waals surface area contributed by atoms with Crippen LogP contribution >= 0.6 is 27.7 Å². The monoisotopic (exact) mass is 318 g/mol. The third-order valence-corrected chi connectivity index (χ3v) is 3.78. The minimum absolute atomic E-state index is 0.113. The molecule has 94 valence electrons. The molecule has 6 heteroatoms. The van der Waals surface area contributed by atoms with Crippen LogP contribution in [0.1, 0.15) is 12.5 Å². The smallest absolute Gasteiger partial charge is 0.283 e. The van der Waals surface area contributed by atoms with Gasteiger partial charge in [-0.05, 0) is 40.7 Å². The van der Waals surface area contributed by atoms with Gasteiger partial charge < -0.3 is 5.32 Å². The van der Waals surface area contributed by atoms with Gasteiger partial charge in [-0.3, -0.25) is 10.1 Å². The van der Waals surface area contributed by atoms with Gasteiger partial charge >= 0.3 is 0 Å². The standard InChI is InChI=1S/C11H15BrN2O2S/c1-8(7-17-2)13-6-9-3-4-10(12)11(5-9)14(15)16/h3-5,8,13H,6-7H2,1-2H3. The summed E-state index contributed by atoms with van der Waals surface area (Å²) in [6.07, 6.45) is 2.06. The van der Waals surface area contributed by atoms with Crippen molar-refractivity contribution in [2.45, 2.75) is 19.5 Å². The first-order valence-corrected chi connectivity index (χ1v) is 7.38. The number of benzene rings is 1. The van der Waals surface area contributed by atoms with E-state index in [4.69, 9.17) is 0 Å². The van der Waals surface area contributed by atoms with Gasteiger partial charge in [0.15, 0.2) is 0 Å². The van der Waals surface area contributed by atoms with Gasteiger partial charge in [0.2, 0.25) is 0 Å². The van der Waals surface area contributed by atoms with Crippen molar-refractivity contribution >= 4 is 33.4 Å². The highest BCUT2D eigenvalue weighted by Gasteiger charge is 2.12. The summed E-state index contributed by atoms with van der Waals surface area (Å²) in [4.78, 5) is 10.4. The molecule has 0 radical (unpaired) electrons. The Hall–Kier alpha value is -0.590. The fraction of sp³-hybridized carbons (Fsp3) is 0.455. The molecule has 1 atom stereocenters. The fourth-order valence-electron chi connectivity index (χ4n) is 1.41. The van der Waals surface area contributed by atoms with Crippen molar-refractivity contribution in [3.05, 3.63) is 38.3 Å². The lowest BCUT2D eigenvalue weighted by Gasteiger charge is -2.12. The Labute approximate surface area is 113 Å². The van der Waals surface area contributed by atoms with Crippen molar-refractivity contribution in [3.8, 4) is 0 Å². The Kier molecular flexibility index (Phi) is 5.94. The maximum atomic E-state index is 10.8. The average Bonchev–Trinajstić information content (AvgIpc) is 2.28. The maximum absolute atomic E-state index is 10.8. The lowest BCUT2D eigenvalue weighted by atomic mass is 10.2. The molecule has 1 aromatic rings. The molecule has 0 bridgehead atoms. The number of hydrogen-bond acceptors (Lipinski definition) is 4. The number of halogens is 1. The molecule has 0 spiro atoms. The molecule has 0 amide bonds. The summed E-state index contributed by atoms with van der Waals surface area (Å²) in [6.45, 7) is 2.75. The number of hydrogen-bond donors (Lipinski definition) is 1. The molecule has 0 saturated heterocycles. The van der Waals surface area contributed by atoms with Crippen molar-refractivity contribution in [2.24, 2.45) is 0 Å². The van der Waals surface area contributed by atoms with E-state index in [1.807, 2.05) is 6.07 Å². The molecule has 0 aliphatic heterocycles. The topological polar surface area (TPSA) is 55.2 Å². The second-order valence-electron chi connectivity index (χ2n) is 3.78. The third-order valence-electron chi connectivity index (χ3n) is 2.28. The molecule has 1 rings (SSSR count). The van der Waals surface area contributed by atoms with Gasteiger partial charge in [-0.25, -0.2) is 0 Å². The van der Waals surface area contributed by atoms with Crippen LogP contribution in [0.3, 0.4) is 0 Å². The van der Waals surface area contributed by atoms with Crippen molar-refractivity contribution in [1.29, 1.82) is 0 Å². The normalized spacial score (nSPS) is 12.4. The Bertz CT molecular complexity index is 401. The summed E-state index contributed by atoms with van der Waals surface area (Å²) in [7, 11) is 0. The van der Waals surface area contributed by atoms with Gasteiger partial charge in [-0.1, -0.05) is 6.07 Å². The number of nitro groups is 1. The summed E-state index contributed by atoms with van der Waals surface area (Å²) in [5, 5.41) is 14.1. The van der Waals surface area contributed by atoms with Crippen molar-refractivity contribution < 1.29 is 4.92 Å². The summed E-state index contributed by atoms with van der Waals surface area (Å²) in [6, 6.07) is 5.60. The first-order chi connectivity index (χ1) is 8.04. The third kappa shape index (κ3) is 4.65. The minimum Gasteiger partial charge on any atom is -0.309 e. The number of nitrogens with one attached hydrogen (secondary N) is 1. The Morgan fingerprint density at radius 1 is 1.59 bits per heavy atom. The largest absolute Gasteiger partial charge is 0.309 e. The van der Waals surface area contributed by atoms with Crippen LogP contribution in [0.2, 0.25) is 0 Å². The molecule has 0 aromatic heterocycles. The highest BCUT2D eigenvalue weighted by Crippen LogP contribution is 2.25. The number of nitro benzene ring substituents is 1.